The van der Waals surface area contributed by atoms with Crippen LogP contribution in [0.15, 0.2) is 239 Å². The van der Waals surface area contributed by atoms with Crippen molar-refractivity contribution in [3.63, 3.8) is 0 Å². The summed E-state index contributed by atoms with van der Waals surface area (Å²) in [5.74, 6) is -0.0806. The van der Waals surface area contributed by atoms with E-state index in [-0.39, 0.29) is 0 Å². The van der Waals surface area contributed by atoms with Gasteiger partial charge in [0.15, 0.2) is 0 Å². The number of ether oxygens (including phenoxy) is 2. The molecule has 10 aromatic carbocycles. The molecule has 0 aliphatic rings. The highest BCUT2D eigenvalue weighted by molar-refractivity contribution is 6.12. The number of aryl methyl sites for hydroxylation is 2. The second kappa shape index (κ2) is 27.0. The molecule has 0 bridgehead atoms. The zero-order valence-electron chi connectivity index (χ0n) is 45.7. The van der Waals surface area contributed by atoms with Crippen molar-refractivity contribution in [1.82, 2.24) is 0 Å². The van der Waals surface area contributed by atoms with Crippen LogP contribution in [0.5, 0.6) is 11.5 Å². The summed E-state index contributed by atoms with van der Waals surface area (Å²) in [5.41, 5.74) is 12.1. The van der Waals surface area contributed by atoms with Gasteiger partial charge in [-0.2, -0.15) is 10.2 Å². The van der Waals surface area contributed by atoms with Gasteiger partial charge in [-0.25, -0.2) is 9.59 Å². The van der Waals surface area contributed by atoms with Crippen molar-refractivity contribution in [3.05, 3.63) is 241 Å². The normalized spacial score (nSPS) is 11.5. The zero-order chi connectivity index (χ0) is 54.9. The highest BCUT2D eigenvalue weighted by Crippen LogP contribution is 2.46. The highest BCUT2D eigenvalue weighted by atomic mass is 16.5. The van der Waals surface area contributed by atoms with Gasteiger partial charge in [0.25, 0.3) is 0 Å². The Bertz CT molecular complexity index is 3490. The van der Waals surface area contributed by atoms with E-state index in [1.807, 2.05) is 72.8 Å². The fourth-order valence-corrected chi connectivity index (χ4v) is 10.1. The van der Waals surface area contributed by atoms with Gasteiger partial charge >= 0.3 is 11.9 Å². The fourth-order valence-electron chi connectivity index (χ4n) is 10.1. The Morgan fingerprint density at radius 2 is 0.688 bits per heavy atom. The Balaban J connectivity index is 0.810. The van der Waals surface area contributed by atoms with Gasteiger partial charge < -0.3 is 9.47 Å². The van der Waals surface area contributed by atoms with Crippen molar-refractivity contribution < 1.29 is 19.1 Å². The largest absolute Gasteiger partial charge is 0.423 e. The van der Waals surface area contributed by atoms with Crippen LogP contribution in [0.3, 0.4) is 0 Å². The van der Waals surface area contributed by atoms with E-state index in [2.05, 4.69) is 86.6 Å². The molecule has 10 rings (SSSR count). The molecule has 0 aromatic heterocycles. The Hall–Kier alpha value is -9.14. The summed E-state index contributed by atoms with van der Waals surface area (Å²) in [4.78, 5) is 26.5. The number of esters is 2. The number of benzene rings is 10. The standard InChI is InChI=1S/C72H66N4O4/c1-3-5-7-9-11-17-51-23-27-53(28-24-51)55-31-35-59(36-32-55)71(77)79-63-45-41-61(42-46-63)73-75-67-49-39-57-19-13-15-21-65(57)69(67)70-66-22-16-14-20-58(66)40-50-68(70)76-74-62-43-47-64(48-44-62)80-72(78)60-37-33-56(34-38-60)54-29-25-52(26-30-54)18-12-10-8-6-4-2/h13-16,19-50H,3-12,17-18H2,1-2H3. The predicted molar refractivity (Wildman–Crippen MR) is 327 cm³/mol. The van der Waals surface area contributed by atoms with E-state index < -0.39 is 11.9 Å². The van der Waals surface area contributed by atoms with Crippen LogP contribution in [0, 0.1) is 0 Å². The van der Waals surface area contributed by atoms with Crippen molar-refractivity contribution in [2.75, 3.05) is 0 Å². The quantitative estimate of drug-likeness (QED) is 0.0276. The number of rotatable bonds is 23. The average molecular weight is 1050 g/mol. The molecule has 8 heteroatoms. The van der Waals surface area contributed by atoms with E-state index >= 15 is 0 Å². The fraction of sp³-hybridized carbons (Fsp3) is 0.194. The van der Waals surface area contributed by atoms with Gasteiger partial charge in [0.2, 0.25) is 0 Å². The lowest BCUT2D eigenvalue weighted by Gasteiger charge is -2.15. The molecule has 398 valence electrons. The van der Waals surface area contributed by atoms with Crippen molar-refractivity contribution in [2.24, 2.45) is 20.5 Å². The van der Waals surface area contributed by atoms with E-state index in [1.54, 1.807) is 72.8 Å². The first kappa shape index (κ1) is 54.2. The molecule has 0 heterocycles. The molecule has 0 aliphatic carbocycles. The molecule has 0 saturated heterocycles. The van der Waals surface area contributed by atoms with Crippen LogP contribution in [0.2, 0.25) is 0 Å². The van der Waals surface area contributed by atoms with Crippen LogP contribution < -0.4 is 9.47 Å². The van der Waals surface area contributed by atoms with Crippen LogP contribution in [0.1, 0.15) is 110 Å². The highest BCUT2D eigenvalue weighted by Gasteiger charge is 2.18. The van der Waals surface area contributed by atoms with Gasteiger partial charge in [-0.15, -0.1) is 10.2 Å². The van der Waals surface area contributed by atoms with E-state index in [0.717, 1.165) is 67.8 Å². The van der Waals surface area contributed by atoms with Crippen LogP contribution in [0.4, 0.5) is 22.7 Å². The lowest BCUT2D eigenvalue weighted by atomic mass is 9.91. The molecule has 0 spiro atoms. The molecule has 0 atom stereocenters. The van der Waals surface area contributed by atoms with Gasteiger partial charge in [-0.1, -0.05) is 199 Å². The number of hydrogen-bond donors (Lipinski definition) is 0. The molecule has 8 nitrogen and oxygen atoms in total. The maximum absolute atomic E-state index is 13.3. The summed E-state index contributed by atoms with van der Waals surface area (Å²) in [6.07, 6.45) is 14.9. The summed E-state index contributed by atoms with van der Waals surface area (Å²) in [5, 5.41) is 23.1. The predicted octanol–water partition coefficient (Wildman–Crippen LogP) is 21.3. The van der Waals surface area contributed by atoms with Crippen LogP contribution >= 0.6 is 0 Å². The third-order valence-corrected chi connectivity index (χ3v) is 14.7. The van der Waals surface area contributed by atoms with Gasteiger partial charge in [-0.05, 0) is 166 Å². The molecule has 0 amide bonds. The number of unbranched alkanes of at least 4 members (excludes halogenated alkanes) is 8. The number of hydrogen-bond acceptors (Lipinski definition) is 8. The molecule has 0 N–H and O–H groups in total. The lowest BCUT2D eigenvalue weighted by Crippen LogP contribution is -2.08. The van der Waals surface area contributed by atoms with Gasteiger partial charge in [-0.3, -0.25) is 0 Å². The second-order valence-electron chi connectivity index (χ2n) is 20.4. The zero-order valence-corrected chi connectivity index (χ0v) is 45.7. The van der Waals surface area contributed by atoms with Crippen LogP contribution in [-0.4, -0.2) is 11.9 Å². The number of nitrogens with zero attached hydrogens (tertiary/aromatic N) is 4. The van der Waals surface area contributed by atoms with Crippen molar-refractivity contribution in [3.8, 4) is 44.9 Å². The minimum Gasteiger partial charge on any atom is -0.423 e. The first-order chi connectivity index (χ1) is 39.4. The molecular weight excluding hydrogens is 985 g/mol. The maximum atomic E-state index is 13.3. The van der Waals surface area contributed by atoms with Crippen molar-refractivity contribution >= 4 is 56.2 Å². The monoisotopic (exact) mass is 1050 g/mol. The minimum absolute atomic E-state index is 0.401. The molecule has 0 radical (unpaired) electrons. The number of carbonyl (C=O) groups excluding carboxylic acids is 2. The summed E-state index contributed by atoms with van der Waals surface area (Å²) in [6, 6.07) is 71.0. The average Bonchev–Trinajstić information content (AvgIpc) is 3.52. The summed E-state index contributed by atoms with van der Waals surface area (Å²) < 4.78 is 11.6. The van der Waals surface area contributed by atoms with Crippen molar-refractivity contribution in [1.29, 1.82) is 0 Å². The van der Waals surface area contributed by atoms with Crippen LogP contribution in [0.25, 0.3) is 54.9 Å². The van der Waals surface area contributed by atoms with E-state index in [1.165, 1.54) is 75.3 Å². The third kappa shape index (κ3) is 13.9. The minimum atomic E-state index is -0.441. The summed E-state index contributed by atoms with van der Waals surface area (Å²) in [6.45, 7) is 4.49. The Kier molecular flexibility index (Phi) is 18.3. The number of fused-ring (bicyclic) bond motifs is 2. The molecule has 10 aromatic rings. The number of carbonyl (C=O) groups is 2. The number of azo groups is 2. The molecular formula is C72H66N4O4. The molecule has 0 unspecified atom stereocenters. The van der Waals surface area contributed by atoms with Gasteiger partial charge in [0, 0.05) is 11.1 Å². The Labute approximate surface area is 469 Å². The topological polar surface area (TPSA) is 102 Å². The van der Waals surface area contributed by atoms with E-state index in [0.29, 0.717) is 45.4 Å². The lowest BCUT2D eigenvalue weighted by molar-refractivity contribution is 0.0725. The molecule has 0 fully saturated rings. The Morgan fingerprint density at radius 1 is 0.338 bits per heavy atom. The second-order valence-corrected chi connectivity index (χ2v) is 20.4. The van der Waals surface area contributed by atoms with Gasteiger partial charge in [0.05, 0.1) is 33.9 Å². The molecule has 0 aliphatic heterocycles. The molecule has 80 heavy (non-hydrogen) atoms. The van der Waals surface area contributed by atoms with Crippen molar-refractivity contribution in [2.45, 2.75) is 90.9 Å². The molecule has 0 saturated carbocycles. The SMILES string of the molecule is CCCCCCCc1ccc(-c2ccc(C(=O)Oc3ccc(N=Nc4ccc5ccccc5c4-c4c(N=Nc5ccc(OC(=O)c6ccc(-c7ccc(CCCCCCC)cc7)cc6)cc5)ccc5ccccc45)cc3)cc2)cc1. The third-order valence-electron chi connectivity index (χ3n) is 14.7. The van der Waals surface area contributed by atoms with E-state index in [9.17, 15) is 9.59 Å². The summed E-state index contributed by atoms with van der Waals surface area (Å²) in [7, 11) is 0. The maximum Gasteiger partial charge on any atom is 0.343 e. The smallest absolute Gasteiger partial charge is 0.343 e. The first-order valence-corrected chi connectivity index (χ1v) is 28.3. The van der Waals surface area contributed by atoms with Gasteiger partial charge in [0.1, 0.15) is 11.5 Å². The first-order valence-electron chi connectivity index (χ1n) is 28.3. The van der Waals surface area contributed by atoms with E-state index in [4.69, 9.17) is 29.9 Å². The summed E-state index contributed by atoms with van der Waals surface area (Å²) >= 11 is 0. The van der Waals surface area contributed by atoms with Crippen LogP contribution in [-0.2, 0) is 12.8 Å². The Morgan fingerprint density at radius 3 is 1.06 bits per heavy atom.